The van der Waals surface area contributed by atoms with E-state index in [1.807, 2.05) is 30.1 Å². The minimum atomic E-state index is 0.366. The molecule has 1 unspecified atom stereocenters. The minimum Gasteiger partial charge on any atom is -0.315 e. The molecule has 1 aliphatic rings. The Kier molecular flexibility index (Phi) is 6.76. The minimum absolute atomic E-state index is 0.366. The predicted molar refractivity (Wildman–Crippen MR) is 121 cm³/mol. The van der Waals surface area contributed by atoms with E-state index in [4.69, 9.17) is 23.2 Å². The molecule has 0 saturated carbocycles. The summed E-state index contributed by atoms with van der Waals surface area (Å²) in [5.74, 6) is 0. The van der Waals surface area contributed by atoms with E-state index in [0.29, 0.717) is 32.8 Å². The van der Waals surface area contributed by atoms with Gasteiger partial charge in [-0.1, -0.05) is 48.5 Å². The third-order valence-electron chi connectivity index (χ3n) is 4.95. The van der Waals surface area contributed by atoms with Crippen molar-refractivity contribution in [2.45, 2.75) is 19.4 Å². The molecule has 1 aromatic carbocycles. The Hall–Kier alpha value is -2.58. The molecule has 29 heavy (non-hydrogen) atoms. The van der Waals surface area contributed by atoms with Crippen molar-refractivity contribution in [2.24, 2.45) is 0 Å². The van der Waals surface area contributed by atoms with E-state index >= 15 is 0 Å². The Balaban J connectivity index is 1.80. The van der Waals surface area contributed by atoms with Gasteiger partial charge in [0.05, 0.1) is 33.9 Å². The average molecular weight is 425 g/mol. The molecule has 148 valence electrons. The quantitative estimate of drug-likeness (QED) is 0.467. The van der Waals surface area contributed by atoms with Crippen LogP contribution in [0.15, 0.2) is 67.0 Å². The van der Waals surface area contributed by atoms with Gasteiger partial charge < -0.3 is 5.32 Å². The van der Waals surface area contributed by atoms with Crippen molar-refractivity contribution in [3.8, 4) is 6.07 Å². The number of allylic oxidation sites excluding steroid dienone is 6. The summed E-state index contributed by atoms with van der Waals surface area (Å²) in [6.07, 6.45) is 8.56. The highest BCUT2D eigenvalue weighted by Crippen LogP contribution is 2.32. The third-order valence-corrected chi connectivity index (χ3v) is 5.58. The molecule has 0 aliphatic carbocycles. The lowest BCUT2D eigenvalue weighted by atomic mass is 9.99. The molecule has 1 N–H and O–H groups in total. The van der Waals surface area contributed by atoms with Gasteiger partial charge in [-0.3, -0.25) is 4.68 Å². The molecule has 1 fully saturated rings. The molecule has 2 aromatic rings. The van der Waals surface area contributed by atoms with Crippen molar-refractivity contribution in [2.75, 3.05) is 13.1 Å². The van der Waals surface area contributed by atoms with Crippen molar-refractivity contribution in [3.05, 3.63) is 88.2 Å². The zero-order valence-electron chi connectivity index (χ0n) is 16.3. The van der Waals surface area contributed by atoms with Crippen LogP contribution in [0.3, 0.4) is 0 Å². The SMILES string of the molecule is C=C(/C=C(\C#N)c1c(Cl)cccc1Cl)/C(C)=C/C(=C)c1cnn(C2CCNC2)c1. The maximum Gasteiger partial charge on any atom is 0.0999 e. The molecular formula is C23H22Cl2N4. The lowest BCUT2D eigenvalue weighted by molar-refractivity contribution is 0.490. The second kappa shape index (κ2) is 9.28. The fourth-order valence-electron chi connectivity index (χ4n) is 3.21. The van der Waals surface area contributed by atoms with Crippen LogP contribution in [-0.4, -0.2) is 22.9 Å². The Morgan fingerprint density at radius 2 is 2.03 bits per heavy atom. The first-order valence-electron chi connectivity index (χ1n) is 9.28. The van der Waals surface area contributed by atoms with E-state index in [0.717, 1.165) is 36.2 Å². The number of nitrogens with one attached hydrogen (secondary N) is 1. The van der Waals surface area contributed by atoms with Crippen molar-refractivity contribution >= 4 is 34.3 Å². The largest absolute Gasteiger partial charge is 0.315 e. The summed E-state index contributed by atoms with van der Waals surface area (Å²) >= 11 is 12.5. The molecule has 4 nitrogen and oxygen atoms in total. The van der Waals surface area contributed by atoms with Gasteiger partial charge in [0, 0.05) is 23.9 Å². The molecular weight excluding hydrogens is 403 g/mol. The second-order valence-electron chi connectivity index (χ2n) is 7.00. The summed E-state index contributed by atoms with van der Waals surface area (Å²) in [5, 5.41) is 18.3. The summed E-state index contributed by atoms with van der Waals surface area (Å²) in [6, 6.07) is 7.71. The second-order valence-corrected chi connectivity index (χ2v) is 7.81. The molecule has 1 aromatic heterocycles. The van der Waals surface area contributed by atoms with Gasteiger partial charge in [-0.15, -0.1) is 0 Å². The molecule has 0 amide bonds. The Labute approximate surface area is 181 Å². The number of aromatic nitrogens is 2. The molecule has 0 radical (unpaired) electrons. The maximum atomic E-state index is 9.60. The Morgan fingerprint density at radius 3 is 2.66 bits per heavy atom. The van der Waals surface area contributed by atoms with Crippen LogP contribution in [0.4, 0.5) is 0 Å². The first kappa shape index (κ1) is 21.1. The van der Waals surface area contributed by atoms with Crippen molar-refractivity contribution in [3.63, 3.8) is 0 Å². The highest BCUT2D eigenvalue weighted by molar-refractivity contribution is 6.37. The van der Waals surface area contributed by atoms with Crippen molar-refractivity contribution in [1.29, 1.82) is 5.26 Å². The van der Waals surface area contributed by atoms with E-state index in [1.165, 1.54) is 0 Å². The van der Waals surface area contributed by atoms with Crippen LogP contribution in [0.1, 0.15) is 30.5 Å². The normalized spacial score (nSPS) is 17.2. The summed E-state index contributed by atoms with van der Waals surface area (Å²) in [7, 11) is 0. The smallest absolute Gasteiger partial charge is 0.0999 e. The van der Waals surface area contributed by atoms with Gasteiger partial charge in [0.2, 0.25) is 0 Å². The number of hydrogen-bond donors (Lipinski definition) is 1. The predicted octanol–water partition coefficient (Wildman–Crippen LogP) is 5.85. The summed E-state index contributed by atoms with van der Waals surface area (Å²) in [5.41, 5.74) is 4.25. The Morgan fingerprint density at radius 1 is 1.31 bits per heavy atom. The highest BCUT2D eigenvalue weighted by atomic mass is 35.5. The first-order valence-corrected chi connectivity index (χ1v) is 10.0. The molecule has 2 heterocycles. The highest BCUT2D eigenvalue weighted by Gasteiger charge is 2.17. The van der Waals surface area contributed by atoms with E-state index in [9.17, 15) is 5.26 Å². The van der Waals surface area contributed by atoms with Crippen molar-refractivity contribution < 1.29 is 0 Å². The summed E-state index contributed by atoms with van der Waals surface area (Å²) in [4.78, 5) is 0. The van der Waals surface area contributed by atoms with Gasteiger partial charge in [-0.05, 0) is 54.8 Å². The molecule has 6 heteroatoms. The topological polar surface area (TPSA) is 53.6 Å². The number of halogens is 2. The van der Waals surface area contributed by atoms with Gasteiger partial charge >= 0.3 is 0 Å². The van der Waals surface area contributed by atoms with Crippen molar-refractivity contribution in [1.82, 2.24) is 15.1 Å². The molecule has 0 bridgehead atoms. The van der Waals surface area contributed by atoms with Gasteiger partial charge in [0.25, 0.3) is 0 Å². The maximum absolute atomic E-state index is 9.60. The molecule has 1 atom stereocenters. The summed E-state index contributed by atoms with van der Waals surface area (Å²) < 4.78 is 1.99. The zero-order valence-corrected chi connectivity index (χ0v) is 17.8. The standard InChI is InChI=1S/C23H22Cl2N4/c1-15(9-17(3)19-12-28-29(14-19)20-7-8-27-13-20)16(2)10-18(11-26)23-21(24)5-4-6-22(23)25/h4-6,9-10,12,14,20,27H,2-3,7-8,13H2,1H3/b15-9+,18-10+. The van der Waals surface area contributed by atoms with Crippen LogP contribution in [0.5, 0.6) is 0 Å². The van der Waals surface area contributed by atoms with E-state index in [1.54, 1.807) is 24.3 Å². The fraction of sp³-hybridized carbons (Fsp3) is 0.217. The molecule has 0 spiro atoms. The number of nitrogens with zero attached hydrogens (tertiary/aromatic N) is 3. The fourth-order valence-corrected chi connectivity index (χ4v) is 3.81. The number of benzene rings is 1. The molecule has 3 rings (SSSR count). The molecule has 1 saturated heterocycles. The van der Waals surface area contributed by atoms with E-state index in [-0.39, 0.29) is 0 Å². The van der Waals surface area contributed by atoms with Crippen LogP contribution < -0.4 is 5.32 Å². The number of hydrogen-bond acceptors (Lipinski definition) is 3. The first-order chi connectivity index (χ1) is 13.9. The number of rotatable bonds is 6. The monoisotopic (exact) mass is 424 g/mol. The zero-order chi connectivity index (χ0) is 21.0. The lowest BCUT2D eigenvalue weighted by Crippen LogP contribution is -2.13. The van der Waals surface area contributed by atoms with Crippen LogP contribution in [0.25, 0.3) is 11.1 Å². The third kappa shape index (κ3) is 4.89. The lowest BCUT2D eigenvalue weighted by Gasteiger charge is -2.08. The summed E-state index contributed by atoms with van der Waals surface area (Å²) in [6.45, 7) is 12.1. The van der Waals surface area contributed by atoms with E-state index < -0.39 is 0 Å². The van der Waals surface area contributed by atoms with Gasteiger partial charge in [-0.2, -0.15) is 10.4 Å². The van der Waals surface area contributed by atoms with E-state index in [2.05, 4.69) is 29.6 Å². The van der Waals surface area contributed by atoms with Gasteiger partial charge in [-0.25, -0.2) is 0 Å². The van der Waals surface area contributed by atoms with Crippen LogP contribution >= 0.6 is 23.2 Å². The van der Waals surface area contributed by atoms with Gasteiger partial charge in [0.15, 0.2) is 0 Å². The van der Waals surface area contributed by atoms with Crippen LogP contribution in [0, 0.1) is 11.3 Å². The van der Waals surface area contributed by atoms with Crippen LogP contribution in [-0.2, 0) is 0 Å². The Bertz CT molecular complexity index is 1030. The van der Waals surface area contributed by atoms with Crippen LogP contribution in [0.2, 0.25) is 10.0 Å². The number of nitriles is 1. The molecule has 1 aliphatic heterocycles. The average Bonchev–Trinajstić information content (AvgIpc) is 3.38. The van der Waals surface area contributed by atoms with Gasteiger partial charge in [0.1, 0.15) is 0 Å².